The van der Waals surface area contributed by atoms with Crippen LogP contribution in [0.4, 0.5) is 11.5 Å². The maximum atomic E-state index is 12.4. The number of hydrogen-bond donors (Lipinski definition) is 4. The zero-order valence-electron chi connectivity index (χ0n) is 16.5. The molecule has 0 amide bonds. The van der Waals surface area contributed by atoms with Crippen LogP contribution in [0.25, 0.3) is 0 Å². The fourth-order valence-corrected chi connectivity index (χ4v) is 3.50. The minimum Gasteiger partial charge on any atom is -0.432 e. The molecule has 0 unspecified atom stereocenters. The van der Waals surface area contributed by atoms with Crippen molar-refractivity contribution in [3.63, 3.8) is 0 Å². The fourth-order valence-electron chi connectivity index (χ4n) is 2.52. The van der Waals surface area contributed by atoms with Crippen molar-refractivity contribution < 1.29 is 4.80 Å². The monoisotopic (exact) mass is 396 g/mol. The van der Waals surface area contributed by atoms with Gasteiger partial charge < -0.3 is 21.3 Å². The molecular formula is C18H32N4O2SSi. The van der Waals surface area contributed by atoms with Crippen LogP contribution in [0.2, 0.25) is 18.1 Å². The molecule has 0 atom stereocenters. The lowest BCUT2D eigenvalue weighted by atomic mass is 10.1. The lowest BCUT2D eigenvalue weighted by Crippen LogP contribution is -2.38. The number of hydrogen-bond acceptors (Lipinski definition) is 6. The SMILES string of the molecule is C=C(Nc1c(C=N)c(N)cc(=O)n1CCCCC(C)(C)[Si](C)(C)O)SC. The van der Waals surface area contributed by atoms with E-state index in [-0.39, 0.29) is 16.3 Å². The third-order valence-corrected chi connectivity index (χ3v) is 9.28. The van der Waals surface area contributed by atoms with E-state index in [1.807, 2.05) is 19.3 Å². The summed E-state index contributed by atoms with van der Waals surface area (Å²) in [6.07, 6.45) is 5.66. The highest BCUT2D eigenvalue weighted by atomic mass is 32.2. The summed E-state index contributed by atoms with van der Waals surface area (Å²) in [6.45, 7) is 12.6. The topological polar surface area (TPSA) is 104 Å². The number of nitrogens with zero attached hydrogens (tertiary/aromatic N) is 1. The fraction of sp³-hybridized carbons (Fsp3) is 0.556. The van der Waals surface area contributed by atoms with Gasteiger partial charge in [0.25, 0.3) is 5.56 Å². The van der Waals surface area contributed by atoms with Gasteiger partial charge >= 0.3 is 0 Å². The summed E-state index contributed by atoms with van der Waals surface area (Å²) in [5, 5.41) is 11.4. The molecule has 0 saturated heterocycles. The predicted octanol–water partition coefficient (Wildman–Crippen LogP) is 3.82. The van der Waals surface area contributed by atoms with Gasteiger partial charge in [-0.3, -0.25) is 9.36 Å². The van der Waals surface area contributed by atoms with E-state index >= 15 is 0 Å². The highest BCUT2D eigenvalue weighted by Crippen LogP contribution is 2.40. The molecule has 26 heavy (non-hydrogen) atoms. The van der Waals surface area contributed by atoms with Crippen LogP contribution in [0.3, 0.4) is 0 Å². The van der Waals surface area contributed by atoms with Crippen LogP contribution in [0.5, 0.6) is 0 Å². The Morgan fingerprint density at radius 3 is 2.62 bits per heavy atom. The lowest BCUT2D eigenvalue weighted by Gasteiger charge is -2.35. The van der Waals surface area contributed by atoms with Gasteiger partial charge in [-0.25, -0.2) is 0 Å². The summed E-state index contributed by atoms with van der Waals surface area (Å²) < 4.78 is 1.62. The average molecular weight is 397 g/mol. The smallest absolute Gasteiger partial charge is 0.254 e. The molecule has 0 bridgehead atoms. The molecule has 146 valence electrons. The quantitative estimate of drug-likeness (QED) is 0.273. The molecule has 1 aromatic heterocycles. The number of nitrogens with one attached hydrogen (secondary N) is 2. The van der Waals surface area contributed by atoms with Gasteiger partial charge in [0.1, 0.15) is 5.82 Å². The number of aromatic nitrogens is 1. The average Bonchev–Trinajstić information content (AvgIpc) is 2.52. The molecule has 0 aromatic carbocycles. The normalized spacial score (nSPS) is 12.1. The third-order valence-electron chi connectivity index (χ3n) is 5.12. The van der Waals surface area contributed by atoms with E-state index in [0.29, 0.717) is 23.0 Å². The van der Waals surface area contributed by atoms with E-state index < -0.39 is 8.32 Å². The van der Waals surface area contributed by atoms with E-state index in [1.165, 1.54) is 17.8 Å². The van der Waals surface area contributed by atoms with Crippen molar-refractivity contribution in [3.8, 4) is 0 Å². The van der Waals surface area contributed by atoms with Crippen molar-refractivity contribution in [2.75, 3.05) is 17.3 Å². The molecule has 1 rings (SSSR count). The molecule has 0 radical (unpaired) electrons. The lowest BCUT2D eigenvalue weighted by molar-refractivity contribution is 0.431. The Balaban J connectivity index is 3.00. The van der Waals surface area contributed by atoms with Gasteiger partial charge in [0.15, 0.2) is 8.32 Å². The number of unbranched alkanes of at least 4 members (excludes halogenated alkanes) is 1. The number of thioether (sulfide) groups is 1. The Morgan fingerprint density at radius 2 is 2.12 bits per heavy atom. The summed E-state index contributed by atoms with van der Waals surface area (Å²) >= 11 is 1.43. The second-order valence-corrected chi connectivity index (χ2v) is 13.0. The van der Waals surface area contributed by atoms with Crippen LogP contribution in [-0.4, -0.2) is 30.2 Å². The molecule has 0 saturated carbocycles. The van der Waals surface area contributed by atoms with Crippen molar-refractivity contribution in [2.45, 2.75) is 57.8 Å². The van der Waals surface area contributed by atoms with Gasteiger partial charge in [0.2, 0.25) is 0 Å². The second kappa shape index (κ2) is 8.92. The van der Waals surface area contributed by atoms with Crippen LogP contribution in [-0.2, 0) is 6.54 Å². The first kappa shape index (κ1) is 22.5. The van der Waals surface area contributed by atoms with Gasteiger partial charge in [-0.05, 0) is 37.2 Å². The molecule has 8 heteroatoms. The van der Waals surface area contributed by atoms with Gasteiger partial charge in [0, 0.05) is 24.5 Å². The summed E-state index contributed by atoms with van der Waals surface area (Å²) in [6, 6.07) is 1.36. The first-order valence-corrected chi connectivity index (χ1v) is 12.9. The number of nitrogen functional groups attached to an aromatic ring is 1. The predicted molar refractivity (Wildman–Crippen MR) is 117 cm³/mol. The molecule has 0 aliphatic rings. The number of nitrogens with two attached hydrogens (primary N) is 1. The Bertz CT molecular complexity index is 723. The van der Waals surface area contributed by atoms with Gasteiger partial charge in [-0.2, -0.15) is 0 Å². The molecule has 0 aliphatic heterocycles. The van der Waals surface area contributed by atoms with Crippen molar-refractivity contribution in [1.29, 1.82) is 5.41 Å². The Labute approximate surface area is 161 Å². The van der Waals surface area contributed by atoms with E-state index in [0.717, 1.165) is 25.5 Å². The maximum Gasteiger partial charge on any atom is 0.254 e. The highest BCUT2D eigenvalue weighted by Gasteiger charge is 2.37. The molecule has 0 aliphatic carbocycles. The van der Waals surface area contributed by atoms with E-state index in [2.05, 4.69) is 25.7 Å². The van der Waals surface area contributed by atoms with Crippen molar-refractivity contribution >= 4 is 37.8 Å². The summed E-state index contributed by atoms with van der Waals surface area (Å²) in [4.78, 5) is 22.8. The molecule has 1 aromatic rings. The summed E-state index contributed by atoms with van der Waals surface area (Å²) in [7, 11) is -2.23. The minimum atomic E-state index is -2.23. The highest BCUT2D eigenvalue weighted by molar-refractivity contribution is 8.02. The van der Waals surface area contributed by atoms with Crippen LogP contribution in [0, 0.1) is 5.41 Å². The summed E-state index contributed by atoms with van der Waals surface area (Å²) in [5.74, 6) is 0.514. The largest absolute Gasteiger partial charge is 0.432 e. The Hall–Kier alpha value is -1.51. The van der Waals surface area contributed by atoms with Gasteiger partial charge in [-0.1, -0.05) is 26.8 Å². The minimum absolute atomic E-state index is 0.0760. The molecule has 6 nitrogen and oxygen atoms in total. The molecule has 0 fully saturated rings. The Morgan fingerprint density at radius 1 is 1.50 bits per heavy atom. The number of rotatable bonds is 10. The van der Waals surface area contributed by atoms with Crippen LogP contribution >= 0.6 is 11.8 Å². The standard InChI is InChI=1S/C18H32N4O2SSi/c1-13(25-4)21-17-14(12-19)15(20)11-16(23)22(17)10-8-7-9-18(2,3)26(5,6)24/h11-12,19,21,24H,1,7-10,20H2,2-6H3. The number of anilines is 2. The maximum absolute atomic E-state index is 12.4. The van der Waals surface area contributed by atoms with Crippen molar-refractivity contribution in [1.82, 2.24) is 4.57 Å². The van der Waals surface area contributed by atoms with Crippen LogP contribution < -0.4 is 16.6 Å². The molecular weight excluding hydrogens is 364 g/mol. The summed E-state index contributed by atoms with van der Waals surface area (Å²) in [5.41, 5.74) is 6.49. The van der Waals surface area contributed by atoms with E-state index in [4.69, 9.17) is 11.1 Å². The molecule has 1 heterocycles. The molecule has 5 N–H and O–H groups in total. The van der Waals surface area contributed by atoms with E-state index in [9.17, 15) is 9.59 Å². The van der Waals surface area contributed by atoms with Crippen molar-refractivity contribution in [2.24, 2.45) is 0 Å². The number of pyridine rings is 1. The van der Waals surface area contributed by atoms with Crippen LogP contribution in [0.1, 0.15) is 38.7 Å². The van der Waals surface area contributed by atoms with Crippen LogP contribution in [0.15, 0.2) is 22.5 Å². The first-order chi connectivity index (χ1) is 11.9. The van der Waals surface area contributed by atoms with Gasteiger partial charge in [-0.15, -0.1) is 11.8 Å². The third kappa shape index (κ3) is 5.49. The Kier molecular flexibility index (Phi) is 7.73. The zero-order chi connectivity index (χ0) is 20.1. The van der Waals surface area contributed by atoms with E-state index in [1.54, 1.807) is 4.57 Å². The zero-order valence-corrected chi connectivity index (χ0v) is 18.3. The first-order valence-electron chi connectivity index (χ1n) is 8.70. The second-order valence-electron chi connectivity index (χ2n) is 7.65. The van der Waals surface area contributed by atoms with Crippen molar-refractivity contribution in [3.05, 3.63) is 33.6 Å². The molecule has 0 spiro atoms. The van der Waals surface area contributed by atoms with Gasteiger partial charge in [0.05, 0.1) is 10.6 Å².